The summed E-state index contributed by atoms with van der Waals surface area (Å²) in [5, 5.41) is 3.35. The molecule has 1 saturated heterocycles. The van der Waals surface area contributed by atoms with Crippen molar-refractivity contribution in [3.8, 4) is 11.8 Å². The molecule has 88 valence electrons. The summed E-state index contributed by atoms with van der Waals surface area (Å²) in [4.78, 5) is 8.21. The van der Waals surface area contributed by atoms with Crippen LogP contribution in [-0.4, -0.2) is 36.3 Å². The molecule has 0 spiro atoms. The van der Waals surface area contributed by atoms with E-state index in [2.05, 4.69) is 15.3 Å². The van der Waals surface area contributed by atoms with E-state index < -0.39 is 0 Å². The Labute approximate surface area is 100.0 Å². The van der Waals surface area contributed by atoms with E-state index in [9.17, 15) is 0 Å². The van der Waals surface area contributed by atoms with Gasteiger partial charge in [0, 0.05) is 37.3 Å². The van der Waals surface area contributed by atoms with E-state index in [0.717, 1.165) is 13.1 Å². The maximum absolute atomic E-state index is 5.60. The van der Waals surface area contributed by atoms with E-state index in [1.807, 2.05) is 0 Å². The van der Waals surface area contributed by atoms with Crippen LogP contribution in [0.1, 0.15) is 0 Å². The van der Waals surface area contributed by atoms with Gasteiger partial charge in [0.05, 0.1) is 13.2 Å². The number of hydrogen-bond donors (Lipinski definition) is 1. The number of nitrogens with zero attached hydrogens (tertiary/aromatic N) is 2. The summed E-state index contributed by atoms with van der Waals surface area (Å²) < 4.78 is 11.2. The standard InChI is InChI=1S/C10H13N3O2.ClH/c1-2-13-10-9(12-1)14-5-7-3-11-4-8(7)6-15-10;/h1-2,7-8,11H,3-6H2;1H/t7-,8+;. The Morgan fingerprint density at radius 1 is 1.00 bits per heavy atom. The summed E-state index contributed by atoms with van der Waals surface area (Å²) in [6.07, 6.45) is 3.24. The van der Waals surface area contributed by atoms with Crippen LogP contribution < -0.4 is 14.8 Å². The molecule has 0 radical (unpaired) electrons. The predicted molar refractivity (Wildman–Crippen MR) is 60.1 cm³/mol. The molecule has 0 bridgehead atoms. The first kappa shape index (κ1) is 11.4. The fraction of sp³-hybridized carbons (Fsp3) is 0.600. The molecule has 0 aromatic carbocycles. The van der Waals surface area contributed by atoms with Crippen LogP contribution in [0.15, 0.2) is 12.4 Å². The zero-order valence-electron chi connectivity index (χ0n) is 8.76. The van der Waals surface area contributed by atoms with E-state index in [1.165, 1.54) is 0 Å². The zero-order valence-corrected chi connectivity index (χ0v) is 9.57. The van der Waals surface area contributed by atoms with Gasteiger partial charge in [-0.15, -0.1) is 12.4 Å². The van der Waals surface area contributed by atoms with Crippen molar-refractivity contribution in [1.29, 1.82) is 0 Å². The molecular formula is C10H14ClN3O2. The van der Waals surface area contributed by atoms with Gasteiger partial charge < -0.3 is 14.8 Å². The van der Waals surface area contributed by atoms with Crippen molar-refractivity contribution in [3.05, 3.63) is 12.4 Å². The molecule has 2 atom stereocenters. The van der Waals surface area contributed by atoms with Gasteiger partial charge in [-0.05, 0) is 0 Å². The highest BCUT2D eigenvalue weighted by Gasteiger charge is 2.30. The third kappa shape index (κ3) is 2.05. The van der Waals surface area contributed by atoms with Gasteiger partial charge in [0.2, 0.25) is 0 Å². The minimum Gasteiger partial charge on any atom is -0.473 e. The number of halogens is 1. The van der Waals surface area contributed by atoms with Crippen LogP contribution in [-0.2, 0) is 0 Å². The predicted octanol–water partition coefficient (Wildman–Crippen LogP) is 0.505. The van der Waals surface area contributed by atoms with E-state index in [1.54, 1.807) is 12.4 Å². The quantitative estimate of drug-likeness (QED) is 0.720. The molecule has 2 aliphatic rings. The van der Waals surface area contributed by atoms with Gasteiger partial charge >= 0.3 is 0 Å². The first-order valence-corrected chi connectivity index (χ1v) is 5.21. The first-order chi connectivity index (χ1) is 7.43. The van der Waals surface area contributed by atoms with Crippen molar-refractivity contribution >= 4 is 12.4 Å². The maximum Gasteiger partial charge on any atom is 0.278 e. The lowest BCUT2D eigenvalue weighted by Gasteiger charge is -2.22. The summed E-state index contributed by atoms with van der Waals surface area (Å²) in [6.45, 7) is 3.41. The molecule has 5 nitrogen and oxygen atoms in total. The topological polar surface area (TPSA) is 56.3 Å². The number of hydrogen-bond acceptors (Lipinski definition) is 5. The third-order valence-electron chi connectivity index (χ3n) is 2.98. The van der Waals surface area contributed by atoms with Gasteiger partial charge in [0.15, 0.2) is 0 Å². The molecule has 0 aliphatic carbocycles. The lowest BCUT2D eigenvalue weighted by atomic mass is 9.98. The Bertz CT molecular complexity index is 331. The molecule has 1 fully saturated rings. The van der Waals surface area contributed by atoms with E-state index in [-0.39, 0.29) is 12.4 Å². The molecule has 3 rings (SSSR count). The second kappa shape index (κ2) is 4.84. The molecule has 16 heavy (non-hydrogen) atoms. The van der Waals surface area contributed by atoms with Crippen LogP contribution in [0.5, 0.6) is 11.8 Å². The average Bonchev–Trinajstić information content (AvgIpc) is 2.68. The van der Waals surface area contributed by atoms with Crippen LogP contribution in [0.2, 0.25) is 0 Å². The molecule has 0 unspecified atom stereocenters. The van der Waals surface area contributed by atoms with Gasteiger partial charge in [0.1, 0.15) is 0 Å². The minimum atomic E-state index is 0. The smallest absolute Gasteiger partial charge is 0.278 e. The Hall–Kier alpha value is -1.07. The third-order valence-corrected chi connectivity index (χ3v) is 2.98. The normalized spacial score (nSPS) is 27.2. The summed E-state index contributed by atoms with van der Waals surface area (Å²) in [6, 6.07) is 0. The highest BCUT2D eigenvalue weighted by Crippen LogP contribution is 2.27. The van der Waals surface area contributed by atoms with Crippen LogP contribution in [0.25, 0.3) is 0 Å². The average molecular weight is 244 g/mol. The molecular weight excluding hydrogens is 230 g/mol. The van der Waals surface area contributed by atoms with Gasteiger partial charge in [-0.2, -0.15) is 0 Å². The summed E-state index contributed by atoms with van der Waals surface area (Å²) in [5.41, 5.74) is 0. The van der Waals surface area contributed by atoms with Crippen molar-refractivity contribution in [3.63, 3.8) is 0 Å². The molecule has 1 aromatic heterocycles. The monoisotopic (exact) mass is 243 g/mol. The Morgan fingerprint density at radius 3 is 2.00 bits per heavy atom. The minimum absolute atomic E-state index is 0. The van der Waals surface area contributed by atoms with E-state index in [4.69, 9.17) is 9.47 Å². The molecule has 6 heteroatoms. The molecule has 0 amide bonds. The van der Waals surface area contributed by atoms with Crippen LogP contribution in [0, 0.1) is 11.8 Å². The number of aromatic nitrogens is 2. The van der Waals surface area contributed by atoms with Crippen molar-refractivity contribution in [2.24, 2.45) is 11.8 Å². The van der Waals surface area contributed by atoms with Crippen molar-refractivity contribution < 1.29 is 9.47 Å². The van der Waals surface area contributed by atoms with Crippen LogP contribution >= 0.6 is 12.4 Å². The number of ether oxygens (including phenoxy) is 2. The SMILES string of the molecule is Cl.c1cnc2c(n1)OC[C@H]1CNC[C@H]1CO2. The molecule has 3 heterocycles. The van der Waals surface area contributed by atoms with Gasteiger partial charge in [0.25, 0.3) is 11.8 Å². The van der Waals surface area contributed by atoms with Crippen LogP contribution in [0.3, 0.4) is 0 Å². The fourth-order valence-electron chi connectivity index (χ4n) is 2.06. The Balaban J connectivity index is 0.000000963. The second-order valence-electron chi connectivity index (χ2n) is 3.97. The maximum atomic E-state index is 5.60. The van der Waals surface area contributed by atoms with Gasteiger partial charge in [-0.25, -0.2) is 9.97 Å². The van der Waals surface area contributed by atoms with E-state index >= 15 is 0 Å². The first-order valence-electron chi connectivity index (χ1n) is 5.21. The lowest BCUT2D eigenvalue weighted by molar-refractivity contribution is 0.134. The molecule has 2 aliphatic heterocycles. The van der Waals surface area contributed by atoms with Gasteiger partial charge in [-0.1, -0.05) is 0 Å². The number of rotatable bonds is 0. The fourth-order valence-corrected chi connectivity index (χ4v) is 2.06. The Morgan fingerprint density at radius 2 is 1.50 bits per heavy atom. The Kier molecular flexibility index (Phi) is 3.46. The highest BCUT2D eigenvalue weighted by atomic mass is 35.5. The largest absolute Gasteiger partial charge is 0.473 e. The van der Waals surface area contributed by atoms with Crippen LogP contribution in [0.4, 0.5) is 0 Å². The highest BCUT2D eigenvalue weighted by molar-refractivity contribution is 5.85. The van der Waals surface area contributed by atoms with Crippen molar-refractivity contribution in [1.82, 2.24) is 15.3 Å². The summed E-state index contributed by atoms with van der Waals surface area (Å²) in [7, 11) is 0. The van der Waals surface area contributed by atoms with Gasteiger partial charge in [-0.3, -0.25) is 0 Å². The molecule has 1 N–H and O–H groups in total. The number of fused-ring (bicyclic) bond motifs is 2. The van der Waals surface area contributed by atoms with E-state index in [0.29, 0.717) is 36.8 Å². The summed E-state index contributed by atoms with van der Waals surface area (Å²) >= 11 is 0. The zero-order chi connectivity index (χ0) is 10.1. The number of nitrogens with one attached hydrogen (secondary N) is 1. The summed E-state index contributed by atoms with van der Waals surface area (Å²) in [5.74, 6) is 2.09. The lowest BCUT2D eigenvalue weighted by Crippen LogP contribution is -2.28. The second-order valence-corrected chi connectivity index (χ2v) is 3.97. The van der Waals surface area contributed by atoms with Crippen molar-refractivity contribution in [2.45, 2.75) is 0 Å². The molecule has 1 aromatic rings. The molecule has 0 saturated carbocycles. The van der Waals surface area contributed by atoms with Crippen molar-refractivity contribution in [2.75, 3.05) is 26.3 Å².